The maximum Gasteiger partial charge on any atom is 0.277 e. The summed E-state index contributed by atoms with van der Waals surface area (Å²) in [6.07, 6.45) is 1.38. The minimum Gasteiger partial charge on any atom is -0.503 e. The molecule has 0 atom stereocenters. The van der Waals surface area contributed by atoms with Crippen LogP contribution in [0.15, 0.2) is 87.2 Å². The molecule has 1 aromatic heterocycles. The lowest BCUT2D eigenvalue weighted by Gasteiger charge is -2.13. The smallest absolute Gasteiger partial charge is 0.277 e. The van der Waals surface area contributed by atoms with Crippen LogP contribution in [-0.4, -0.2) is 34.5 Å². The fraction of sp³-hybridized carbons (Fsp3) is 0.0400. The molecule has 0 aliphatic carbocycles. The lowest BCUT2D eigenvalue weighted by molar-refractivity contribution is 0.0954. The van der Waals surface area contributed by atoms with Crippen molar-refractivity contribution in [2.24, 2.45) is 5.10 Å². The van der Waals surface area contributed by atoms with E-state index in [1.165, 1.54) is 13.3 Å². The Hall–Kier alpha value is -4.24. The summed E-state index contributed by atoms with van der Waals surface area (Å²) in [6.45, 7) is 0. The largest absolute Gasteiger partial charge is 0.503 e. The second-order valence-electron chi connectivity index (χ2n) is 7.14. The number of rotatable bonds is 6. The zero-order valence-corrected chi connectivity index (χ0v) is 19.5. The first-order valence-corrected chi connectivity index (χ1v) is 10.9. The third-order valence-corrected chi connectivity index (χ3v) is 5.57. The predicted octanol–water partition coefficient (Wildman–Crippen LogP) is 4.34. The van der Waals surface area contributed by atoms with Gasteiger partial charge < -0.3 is 9.84 Å². The topological polar surface area (TPSA) is 117 Å². The summed E-state index contributed by atoms with van der Waals surface area (Å²) in [4.78, 5) is 25.9. The van der Waals surface area contributed by atoms with Crippen molar-refractivity contribution in [3.63, 3.8) is 0 Å². The number of ether oxygens (including phenoxy) is 1. The molecule has 4 aromatic rings. The van der Waals surface area contributed by atoms with Gasteiger partial charge in [-0.3, -0.25) is 9.59 Å². The minimum atomic E-state index is -0.694. The standard InChI is InChI=1S/C25H19BrN4O4/c1-34-19-13-15(12-18(26)23(19)31)14-27-29-24(32)21-20(16-8-4-2-5-9-16)22(28-30-25(21)33)17-10-6-3-7-11-17/h2-14,31H,1H3,(H,29,32)(H,30,33)/b27-14+. The number of hydrazone groups is 1. The number of methoxy groups -OCH3 is 1. The van der Waals surface area contributed by atoms with E-state index in [-0.39, 0.29) is 17.1 Å². The molecule has 1 heterocycles. The first-order valence-electron chi connectivity index (χ1n) is 10.1. The Morgan fingerprint density at radius 3 is 2.38 bits per heavy atom. The number of amides is 1. The molecule has 0 unspecified atom stereocenters. The highest BCUT2D eigenvalue weighted by molar-refractivity contribution is 9.10. The molecule has 8 nitrogen and oxygen atoms in total. The number of H-pyrrole nitrogens is 1. The van der Waals surface area contributed by atoms with Gasteiger partial charge in [-0.2, -0.15) is 10.2 Å². The van der Waals surface area contributed by atoms with Crippen LogP contribution in [0.25, 0.3) is 22.4 Å². The van der Waals surface area contributed by atoms with Gasteiger partial charge >= 0.3 is 0 Å². The molecule has 0 saturated heterocycles. The van der Waals surface area contributed by atoms with Crippen LogP contribution >= 0.6 is 15.9 Å². The van der Waals surface area contributed by atoms with Gasteiger partial charge in [0.1, 0.15) is 5.56 Å². The molecule has 3 aromatic carbocycles. The summed E-state index contributed by atoms with van der Waals surface area (Å²) in [6, 6.07) is 21.5. The molecule has 0 aliphatic heterocycles. The summed E-state index contributed by atoms with van der Waals surface area (Å²) in [5.41, 5.74) is 4.50. The molecule has 0 saturated carbocycles. The number of benzene rings is 3. The van der Waals surface area contributed by atoms with Crippen LogP contribution in [0, 0.1) is 0 Å². The number of halogens is 1. The number of aromatic amines is 1. The molecular weight excluding hydrogens is 500 g/mol. The molecule has 0 spiro atoms. The van der Waals surface area contributed by atoms with Crippen molar-refractivity contribution in [1.29, 1.82) is 0 Å². The fourth-order valence-corrected chi connectivity index (χ4v) is 3.86. The lowest BCUT2D eigenvalue weighted by atomic mass is 9.95. The zero-order valence-electron chi connectivity index (χ0n) is 17.9. The highest BCUT2D eigenvalue weighted by Crippen LogP contribution is 2.35. The van der Waals surface area contributed by atoms with Gasteiger partial charge in [-0.05, 0) is 39.2 Å². The Bertz CT molecular complexity index is 1420. The Labute approximate surface area is 203 Å². The van der Waals surface area contributed by atoms with Gasteiger partial charge in [0.2, 0.25) is 0 Å². The second kappa shape index (κ2) is 10.1. The Morgan fingerprint density at radius 2 is 1.74 bits per heavy atom. The van der Waals surface area contributed by atoms with Gasteiger partial charge in [0.25, 0.3) is 11.5 Å². The van der Waals surface area contributed by atoms with E-state index in [1.807, 2.05) is 60.7 Å². The quantitative estimate of drug-likeness (QED) is 0.259. The molecule has 0 radical (unpaired) electrons. The molecule has 9 heteroatoms. The molecule has 1 amide bonds. The number of phenolic OH excluding ortho intramolecular Hbond substituents is 1. The van der Waals surface area contributed by atoms with Crippen LogP contribution in [0.1, 0.15) is 15.9 Å². The predicted molar refractivity (Wildman–Crippen MR) is 133 cm³/mol. The first-order chi connectivity index (χ1) is 16.5. The lowest BCUT2D eigenvalue weighted by Crippen LogP contribution is -2.28. The average Bonchev–Trinajstić information content (AvgIpc) is 2.86. The fourth-order valence-electron chi connectivity index (χ4n) is 3.40. The Balaban J connectivity index is 1.74. The number of phenols is 1. The number of nitrogens with zero attached hydrogens (tertiary/aromatic N) is 2. The molecule has 3 N–H and O–H groups in total. The van der Waals surface area contributed by atoms with Gasteiger partial charge in [0, 0.05) is 11.1 Å². The summed E-state index contributed by atoms with van der Waals surface area (Å²) in [5, 5.41) is 20.6. The van der Waals surface area contributed by atoms with Crippen LogP contribution in [0.5, 0.6) is 11.5 Å². The van der Waals surface area contributed by atoms with Crippen molar-refractivity contribution < 1.29 is 14.6 Å². The SMILES string of the molecule is COc1cc(/C=N/NC(=O)c2c(-c3ccccc3)c(-c3ccccc3)n[nH]c2=O)cc(Br)c1O. The van der Waals surface area contributed by atoms with E-state index in [0.717, 1.165) is 5.56 Å². The minimum absolute atomic E-state index is 0.0482. The summed E-state index contributed by atoms with van der Waals surface area (Å²) in [5.74, 6) is -0.500. The third kappa shape index (κ3) is 4.74. The van der Waals surface area contributed by atoms with Crippen LogP contribution in [0.3, 0.4) is 0 Å². The van der Waals surface area contributed by atoms with Gasteiger partial charge in [0.05, 0.1) is 23.5 Å². The highest BCUT2D eigenvalue weighted by atomic mass is 79.9. The van der Waals surface area contributed by atoms with Crippen LogP contribution < -0.4 is 15.7 Å². The Morgan fingerprint density at radius 1 is 1.09 bits per heavy atom. The van der Waals surface area contributed by atoms with E-state index < -0.39 is 11.5 Å². The zero-order chi connectivity index (χ0) is 24.1. The van der Waals surface area contributed by atoms with Crippen LogP contribution in [0.2, 0.25) is 0 Å². The molecule has 170 valence electrons. The van der Waals surface area contributed by atoms with Gasteiger partial charge in [-0.25, -0.2) is 10.5 Å². The van der Waals surface area contributed by atoms with E-state index >= 15 is 0 Å². The number of nitrogens with one attached hydrogen (secondary N) is 2. The van der Waals surface area contributed by atoms with Crippen molar-refractivity contribution in [3.8, 4) is 33.9 Å². The highest BCUT2D eigenvalue weighted by Gasteiger charge is 2.22. The van der Waals surface area contributed by atoms with Crippen molar-refractivity contribution in [2.75, 3.05) is 7.11 Å². The summed E-state index contributed by atoms with van der Waals surface area (Å²) in [7, 11) is 1.43. The molecule has 0 bridgehead atoms. The van der Waals surface area contributed by atoms with Crippen molar-refractivity contribution in [2.45, 2.75) is 0 Å². The number of hydrogen-bond acceptors (Lipinski definition) is 6. The second-order valence-corrected chi connectivity index (χ2v) is 7.99. The van der Waals surface area contributed by atoms with Crippen molar-refractivity contribution >= 4 is 28.1 Å². The molecule has 4 rings (SSSR count). The summed E-state index contributed by atoms with van der Waals surface area (Å²) < 4.78 is 5.52. The summed E-state index contributed by atoms with van der Waals surface area (Å²) >= 11 is 3.24. The van der Waals surface area contributed by atoms with E-state index in [1.54, 1.807) is 12.1 Å². The van der Waals surface area contributed by atoms with Gasteiger partial charge in [-0.15, -0.1) is 0 Å². The monoisotopic (exact) mass is 518 g/mol. The number of aromatic nitrogens is 2. The first kappa shape index (κ1) is 22.9. The van der Waals surface area contributed by atoms with E-state index in [9.17, 15) is 14.7 Å². The van der Waals surface area contributed by atoms with Crippen LogP contribution in [0.4, 0.5) is 0 Å². The normalized spacial score (nSPS) is 10.9. The maximum atomic E-state index is 13.1. The maximum absolute atomic E-state index is 13.1. The average molecular weight is 519 g/mol. The molecular formula is C25H19BrN4O4. The van der Waals surface area contributed by atoms with E-state index in [4.69, 9.17) is 4.74 Å². The molecule has 0 fully saturated rings. The number of aromatic hydroxyl groups is 1. The number of carbonyl (C=O) groups is 1. The molecule has 34 heavy (non-hydrogen) atoms. The van der Waals surface area contributed by atoms with Gasteiger partial charge in [0.15, 0.2) is 11.5 Å². The van der Waals surface area contributed by atoms with Crippen molar-refractivity contribution in [3.05, 3.63) is 98.7 Å². The number of carbonyl (C=O) groups excluding carboxylic acids is 1. The third-order valence-electron chi connectivity index (χ3n) is 4.97. The Kier molecular flexibility index (Phi) is 6.84. The van der Waals surface area contributed by atoms with Crippen LogP contribution in [-0.2, 0) is 0 Å². The van der Waals surface area contributed by atoms with E-state index in [0.29, 0.717) is 26.9 Å². The van der Waals surface area contributed by atoms with E-state index in [2.05, 4.69) is 36.7 Å². The van der Waals surface area contributed by atoms with Crippen molar-refractivity contribution in [1.82, 2.24) is 15.6 Å². The van der Waals surface area contributed by atoms with Gasteiger partial charge in [-0.1, -0.05) is 60.7 Å². The molecule has 0 aliphatic rings. The number of hydrogen-bond donors (Lipinski definition) is 3.